The van der Waals surface area contributed by atoms with Gasteiger partial charge < -0.3 is 14.6 Å². The zero-order valence-corrected chi connectivity index (χ0v) is 20.6. The van der Waals surface area contributed by atoms with Gasteiger partial charge in [-0.2, -0.15) is 4.98 Å². The number of aromatic nitrogens is 2. The molecule has 1 saturated heterocycles. The Labute approximate surface area is 215 Å². The van der Waals surface area contributed by atoms with Crippen LogP contribution >= 0.6 is 0 Å². The summed E-state index contributed by atoms with van der Waals surface area (Å²) in [6.07, 6.45) is 1.65. The number of ketones is 1. The second-order valence-corrected chi connectivity index (χ2v) is 9.04. The van der Waals surface area contributed by atoms with Crippen molar-refractivity contribution in [3.63, 3.8) is 0 Å². The molecule has 4 aromatic rings. The van der Waals surface area contributed by atoms with Crippen molar-refractivity contribution in [1.29, 1.82) is 0 Å². The predicted molar refractivity (Wildman–Crippen MR) is 139 cm³/mol. The van der Waals surface area contributed by atoms with Crippen LogP contribution in [0, 0.1) is 5.92 Å². The highest BCUT2D eigenvalue weighted by Gasteiger charge is 2.28. The Hall–Kier alpha value is -4.30. The lowest BCUT2D eigenvalue weighted by Gasteiger charge is -2.31. The summed E-state index contributed by atoms with van der Waals surface area (Å²) in [5.74, 6) is 1.36. The normalized spacial score (nSPS) is 15.8. The van der Waals surface area contributed by atoms with Crippen molar-refractivity contribution < 1.29 is 18.8 Å². The Morgan fingerprint density at radius 1 is 1.03 bits per heavy atom. The fourth-order valence-corrected chi connectivity index (χ4v) is 4.55. The van der Waals surface area contributed by atoms with Gasteiger partial charge in [-0.3, -0.25) is 14.5 Å². The minimum atomic E-state index is -0.211. The predicted octanol–water partition coefficient (Wildman–Crippen LogP) is 4.83. The number of hydrogen-bond donors (Lipinski definition) is 1. The van der Waals surface area contributed by atoms with E-state index in [1.165, 1.54) is 0 Å². The van der Waals surface area contributed by atoms with Gasteiger partial charge in [0.05, 0.1) is 25.3 Å². The summed E-state index contributed by atoms with van der Waals surface area (Å²) < 4.78 is 10.7. The van der Waals surface area contributed by atoms with Gasteiger partial charge in [-0.05, 0) is 55.8 Å². The van der Waals surface area contributed by atoms with E-state index in [9.17, 15) is 9.59 Å². The first-order chi connectivity index (χ1) is 18.1. The lowest BCUT2D eigenvalue weighted by atomic mass is 9.96. The molecule has 1 amide bonds. The fourth-order valence-electron chi connectivity index (χ4n) is 4.55. The monoisotopic (exact) mass is 496 g/mol. The molecule has 3 aromatic carbocycles. The zero-order valence-electron chi connectivity index (χ0n) is 20.6. The highest BCUT2D eigenvalue weighted by atomic mass is 16.5. The molecule has 1 N–H and O–H groups in total. The number of piperidine rings is 1. The largest absolute Gasteiger partial charge is 0.497 e. The maximum atomic E-state index is 13.2. The third-order valence-electron chi connectivity index (χ3n) is 6.52. The zero-order chi connectivity index (χ0) is 25.6. The van der Waals surface area contributed by atoms with E-state index in [4.69, 9.17) is 9.26 Å². The van der Waals surface area contributed by atoms with Crippen molar-refractivity contribution in [3.05, 3.63) is 95.9 Å². The molecule has 0 spiro atoms. The molecular formula is C29H28N4O4. The molecule has 1 aromatic heterocycles. The van der Waals surface area contributed by atoms with E-state index >= 15 is 0 Å². The molecule has 188 valence electrons. The van der Waals surface area contributed by atoms with Gasteiger partial charge in [-0.25, -0.2) is 0 Å². The number of rotatable bonds is 8. The SMILES string of the molecule is COc1ccc(-c2noc(CN3CCCC(C(=O)Nc4ccccc4C(=O)c4ccccc4)C3)n2)cc1. The number of benzene rings is 3. The Bertz CT molecular complexity index is 1370. The Morgan fingerprint density at radius 3 is 2.57 bits per heavy atom. The van der Waals surface area contributed by atoms with E-state index in [1.807, 2.05) is 48.5 Å². The maximum absolute atomic E-state index is 13.2. The van der Waals surface area contributed by atoms with Crippen LogP contribution in [0.1, 0.15) is 34.7 Å². The third kappa shape index (κ3) is 5.76. The summed E-state index contributed by atoms with van der Waals surface area (Å²) in [7, 11) is 1.62. The molecule has 1 aliphatic rings. The van der Waals surface area contributed by atoms with E-state index < -0.39 is 0 Å². The summed E-state index contributed by atoms with van der Waals surface area (Å²) in [6, 6.07) is 23.7. The number of methoxy groups -OCH3 is 1. The van der Waals surface area contributed by atoms with Crippen molar-refractivity contribution in [3.8, 4) is 17.1 Å². The van der Waals surface area contributed by atoms with Gasteiger partial charge in [0.25, 0.3) is 0 Å². The molecule has 5 rings (SSSR count). The smallest absolute Gasteiger partial charge is 0.241 e. The van der Waals surface area contributed by atoms with Gasteiger partial charge in [0.1, 0.15) is 5.75 Å². The fraction of sp³-hybridized carbons (Fsp3) is 0.241. The van der Waals surface area contributed by atoms with E-state index in [0.717, 1.165) is 30.7 Å². The Kier molecular flexibility index (Phi) is 7.37. The highest BCUT2D eigenvalue weighted by molar-refractivity contribution is 6.13. The summed E-state index contributed by atoms with van der Waals surface area (Å²) in [4.78, 5) is 32.9. The molecular weight excluding hydrogens is 468 g/mol. The van der Waals surface area contributed by atoms with Gasteiger partial charge in [0.15, 0.2) is 5.78 Å². The minimum absolute atomic E-state index is 0.0949. The highest BCUT2D eigenvalue weighted by Crippen LogP contribution is 2.25. The molecule has 8 heteroatoms. The molecule has 1 fully saturated rings. The number of hydrogen-bond acceptors (Lipinski definition) is 7. The van der Waals surface area contributed by atoms with Crippen LogP contribution in [0.2, 0.25) is 0 Å². The molecule has 0 bridgehead atoms. The number of likely N-dealkylation sites (tertiary alicyclic amines) is 1. The standard InChI is InChI=1S/C29H28N4O4/c1-36-23-15-13-21(14-16-23)28-31-26(37-32-28)19-33-17-7-10-22(18-33)29(35)30-25-12-6-5-11-24(25)27(34)20-8-3-2-4-9-20/h2-6,8-9,11-16,22H,7,10,17-19H2,1H3,(H,30,35). The summed E-state index contributed by atoms with van der Waals surface area (Å²) in [6.45, 7) is 1.88. The molecule has 1 unspecified atom stereocenters. The first kappa shape index (κ1) is 24.4. The number of carbonyl (C=O) groups is 2. The molecule has 2 heterocycles. The third-order valence-corrected chi connectivity index (χ3v) is 6.52. The van der Waals surface area contributed by atoms with E-state index in [2.05, 4.69) is 20.4 Å². The first-order valence-electron chi connectivity index (χ1n) is 12.3. The van der Waals surface area contributed by atoms with Gasteiger partial charge in [0, 0.05) is 23.2 Å². The number of ether oxygens (including phenoxy) is 1. The van der Waals surface area contributed by atoms with Crippen LogP contribution in [0.15, 0.2) is 83.4 Å². The lowest BCUT2D eigenvalue weighted by molar-refractivity contribution is -0.121. The number of nitrogens with zero attached hydrogens (tertiary/aromatic N) is 3. The van der Waals surface area contributed by atoms with Crippen LogP contribution in [0.4, 0.5) is 5.69 Å². The van der Waals surface area contributed by atoms with Crippen LogP contribution in [0.5, 0.6) is 5.75 Å². The quantitative estimate of drug-likeness (QED) is 0.349. The van der Waals surface area contributed by atoms with Crippen LogP contribution in [0.25, 0.3) is 11.4 Å². The van der Waals surface area contributed by atoms with Crippen molar-refractivity contribution in [1.82, 2.24) is 15.0 Å². The van der Waals surface area contributed by atoms with Gasteiger partial charge >= 0.3 is 0 Å². The van der Waals surface area contributed by atoms with Crippen molar-refractivity contribution in [2.24, 2.45) is 5.92 Å². The number of amides is 1. The lowest BCUT2D eigenvalue weighted by Crippen LogP contribution is -2.40. The van der Waals surface area contributed by atoms with Gasteiger partial charge in [-0.1, -0.05) is 47.6 Å². The number of anilines is 1. The maximum Gasteiger partial charge on any atom is 0.241 e. The number of carbonyl (C=O) groups excluding carboxylic acids is 2. The van der Waals surface area contributed by atoms with E-state index in [1.54, 1.807) is 37.4 Å². The van der Waals surface area contributed by atoms with Crippen molar-refractivity contribution >= 4 is 17.4 Å². The molecule has 0 radical (unpaired) electrons. The molecule has 8 nitrogen and oxygen atoms in total. The second-order valence-electron chi connectivity index (χ2n) is 9.04. The van der Waals surface area contributed by atoms with Gasteiger partial charge in [-0.15, -0.1) is 0 Å². The molecule has 1 aliphatic heterocycles. The molecule has 0 aliphatic carbocycles. The van der Waals surface area contributed by atoms with Crippen molar-refractivity contribution in [2.75, 3.05) is 25.5 Å². The summed E-state index contributed by atoms with van der Waals surface area (Å²) in [5, 5.41) is 7.11. The van der Waals surface area contributed by atoms with E-state index in [0.29, 0.717) is 41.6 Å². The molecule has 1 atom stereocenters. The summed E-state index contributed by atoms with van der Waals surface area (Å²) >= 11 is 0. The molecule has 37 heavy (non-hydrogen) atoms. The first-order valence-corrected chi connectivity index (χ1v) is 12.3. The Balaban J connectivity index is 1.22. The van der Waals surface area contributed by atoms with Crippen LogP contribution < -0.4 is 10.1 Å². The van der Waals surface area contributed by atoms with Crippen LogP contribution in [0.3, 0.4) is 0 Å². The van der Waals surface area contributed by atoms with Gasteiger partial charge in [0.2, 0.25) is 17.6 Å². The number of nitrogens with one attached hydrogen (secondary N) is 1. The minimum Gasteiger partial charge on any atom is -0.497 e. The number of para-hydroxylation sites is 1. The molecule has 0 saturated carbocycles. The van der Waals surface area contributed by atoms with E-state index in [-0.39, 0.29) is 17.6 Å². The van der Waals surface area contributed by atoms with Crippen molar-refractivity contribution in [2.45, 2.75) is 19.4 Å². The Morgan fingerprint density at radius 2 is 1.78 bits per heavy atom. The average molecular weight is 497 g/mol. The second kappa shape index (κ2) is 11.2. The van der Waals surface area contributed by atoms with Crippen LogP contribution in [-0.4, -0.2) is 46.9 Å². The van der Waals surface area contributed by atoms with Crippen LogP contribution in [-0.2, 0) is 11.3 Å². The average Bonchev–Trinajstić information content (AvgIpc) is 3.42. The summed E-state index contributed by atoms with van der Waals surface area (Å²) in [5.41, 5.74) is 2.43. The topological polar surface area (TPSA) is 97.6 Å².